The summed E-state index contributed by atoms with van der Waals surface area (Å²) >= 11 is 0. The molecule has 0 aliphatic rings. The number of unbranched alkanes of at least 4 members (excludes halogenated alkanes) is 1. The predicted octanol–water partition coefficient (Wildman–Crippen LogP) is 3.16. The Kier molecular flexibility index (Phi) is 7.43. The Morgan fingerprint density at radius 2 is 2.00 bits per heavy atom. The average Bonchev–Trinajstić information content (AvgIpc) is 2.49. The first-order valence-corrected chi connectivity index (χ1v) is 6.71. The van der Waals surface area contributed by atoms with E-state index < -0.39 is 5.97 Å². The van der Waals surface area contributed by atoms with Crippen molar-refractivity contribution >= 4 is 11.5 Å². The highest BCUT2D eigenvalue weighted by Gasteiger charge is 2.16. The second-order valence-corrected chi connectivity index (χ2v) is 4.32. The van der Waals surface area contributed by atoms with E-state index in [4.69, 9.17) is 14.2 Å². The molecular formula is C16H22O4. The number of benzene rings is 1. The third kappa shape index (κ3) is 4.70. The van der Waals surface area contributed by atoms with E-state index in [0.717, 1.165) is 24.0 Å². The molecular weight excluding hydrogens is 256 g/mol. The second-order valence-electron chi connectivity index (χ2n) is 4.32. The van der Waals surface area contributed by atoms with Crippen molar-refractivity contribution in [1.82, 2.24) is 0 Å². The second kappa shape index (κ2) is 9.15. The third-order valence-electron chi connectivity index (χ3n) is 2.85. The van der Waals surface area contributed by atoms with Crippen molar-refractivity contribution in [3.05, 3.63) is 41.7 Å². The molecule has 1 aromatic rings. The molecule has 1 aromatic carbocycles. The van der Waals surface area contributed by atoms with Gasteiger partial charge in [-0.15, -0.1) is 0 Å². The first kappa shape index (κ1) is 16.2. The largest absolute Gasteiger partial charge is 0.503 e. The van der Waals surface area contributed by atoms with E-state index in [0.29, 0.717) is 18.8 Å². The molecule has 0 saturated heterocycles. The Labute approximate surface area is 120 Å². The van der Waals surface area contributed by atoms with Crippen LogP contribution in [-0.4, -0.2) is 26.8 Å². The minimum Gasteiger partial charge on any atom is -0.503 e. The molecule has 0 aliphatic heterocycles. The van der Waals surface area contributed by atoms with Crippen molar-refractivity contribution in [2.24, 2.45) is 0 Å². The van der Waals surface area contributed by atoms with Crippen LogP contribution < -0.4 is 0 Å². The molecule has 0 bridgehead atoms. The molecule has 0 spiro atoms. The summed E-state index contributed by atoms with van der Waals surface area (Å²) in [6, 6.07) is 7.59. The number of methoxy groups -OCH3 is 2. The minimum absolute atomic E-state index is 0.393. The van der Waals surface area contributed by atoms with E-state index >= 15 is 0 Å². The molecule has 0 amide bonds. The lowest BCUT2D eigenvalue weighted by Gasteiger charge is -2.11. The van der Waals surface area contributed by atoms with Gasteiger partial charge < -0.3 is 14.2 Å². The normalized spacial score (nSPS) is 11.2. The zero-order valence-corrected chi connectivity index (χ0v) is 12.3. The van der Waals surface area contributed by atoms with Crippen LogP contribution in [0.25, 0.3) is 5.57 Å². The van der Waals surface area contributed by atoms with E-state index in [1.54, 1.807) is 0 Å². The highest BCUT2D eigenvalue weighted by molar-refractivity contribution is 6.16. The van der Waals surface area contributed by atoms with Gasteiger partial charge in [-0.3, -0.25) is 0 Å². The maximum absolute atomic E-state index is 11.8. The summed E-state index contributed by atoms with van der Waals surface area (Å²) in [6.07, 6.45) is 3.52. The minimum atomic E-state index is -0.423. The van der Waals surface area contributed by atoms with Gasteiger partial charge >= 0.3 is 5.97 Å². The number of hydrogen-bond acceptors (Lipinski definition) is 4. The molecule has 110 valence electrons. The molecule has 0 atom stereocenters. The molecule has 4 nitrogen and oxygen atoms in total. The topological polar surface area (TPSA) is 44.8 Å². The molecule has 0 fully saturated rings. The average molecular weight is 278 g/mol. The quantitative estimate of drug-likeness (QED) is 0.317. The highest BCUT2D eigenvalue weighted by atomic mass is 16.5. The van der Waals surface area contributed by atoms with Crippen LogP contribution >= 0.6 is 0 Å². The van der Waals surface area contributed by atoms with E-state index in [-0.39, 0.29) is 0 Å². The summed E-state index contributed by atoms with van der Waals surface area (Å²) in [6.45, 7) is 3.30. The van der Waals surface area contributed by atoms with Crippen LogP contribution in [0.1, 0.15) is 30.9 Å². The number of rotatable bonds is 8. The van der Waals surface area contributed by atoms with Gasteiger partial charge in [0.25, 0.3) is 0 Å². The monoisotopic (exact) mass is 278 g/mol. The third-order valence-corrected chi connectivity index (χ3v) is 2.85. The molecule has 0 aromatic heterocycles. The van der Waals surface area contributed by atoms with E-state index in [1.165, 1.54) is 20.5 Å². The van der Waals surface area contributed by atoms with Crippen LogP contribution in [0.4, 0.5) is 0 Å². The number of carbonyl (C=O) groups excluding carboxylic acids is 1. The molecule has 0 heterocycles. The molecule has 20 heavy (non-hydrogen) atoms. The van der Waals surface area contributed by atoms with Crippen molar-refractivity contribution in [2.75, 3.05) is 20.8 Å². The summed E-state index contributed by atoms with van der Waals surface area (Å²) in [5.41, 5.74) is 2.11. The predicted molar refractivity (Wildman–Crippen MR) is 78.0 cm³/mol. The van der Waals surface area contributed by atoms with Crippen molar-refractivity contribution in [3.63, 3.8) is 0 Å². The van der Waals surface area contributed by atoms with Gasteiger partial charge in [0.2, 0.25) is 0 Å². The number of ether oxygens (including phenoxy) is 3. The Morgan fingerprint density at radius 1 is 1.25 bits per heavy atom. The lowest BCUT2D eigenvalue weighted by Crippen LogP contribution is -2.07. The number of carbonyl (C=O) groups is 1. The molecule has 0 unspecified atom stereocenters. The van der Waals surface area contributed by atoms with Gasteiger partial charge in [0.05, 0.1) is 27.1 Å². The van der Waals surface area contributed by atoms with Gasteiger partial charge in [-0.25, -0.2) is 4.79 Å². The van der Waals surface area contributed by atoms with E-state index in [1.807, 2.05) is 24.3 Å². The van der Waals surface area contributed by atoms with Crippen molar-refractivity contribution in [2.45, 2.75) is 26.4 Å². The summed E-state index contributed by atoms with van der Waals surface area (Å²) in [5.74, 6) is -0.423. The van der Waals surface area contributed by atoms with Crippen molar-refractivity contribution < 1.29 is 19.0 Å². The molecule has 1 rings (SSSR count). The Morgan fingerprint density at radius 3 is 2.65 bits per heavy atom. The van der Waals surface area contributed by atoms with Gasteiger partial charge in [-0.1, -0.05) is 37.6 Å². The SMILES string of the molecule is CCCCOCc1ccccc1C(=COC)C(=O)OC. The fraction of sp³-hybridized carbons (Fsp3) is 0.438. The van der Waals surface area contributed by atoms with Gasteiger partial charge in [-0.2, -0.15) is 0 Å². The van der Waals surface area contributed by atoms with Gasteiger partial charge in [-0.05, 0) is 17.5 Å². The van der Waals surface area contributed by atoms with Crippen LogP contribution in [-0.2, 0) is 25.6 Å². The summed E-state index contributed by atoms with van der Waals surface area (Å²) in [7, 11) is 2.86. The van der Waals surface area contributed by atoms with E-state index in [2.05, 4.69) is 6.92 Å². The first-order valence-electron chi connectivity index (χ1n) is 6.71. The van der Waals surface area contributed by atoms with Crippen LogP contribution in [0.15, 0.2) is 30.5 Å². The zero-order chi connectivity index (χ0) is 14.8. The lowest BCUT2D eigenvalue weighted by atomic mass is 10.0. The molecule has 4 heteroatoms. The van der Waals surface area contributed by atoms with Crippen LogP contribution in [0.3, 0.4) is 0 Å². The van der Waals surface area contributed by atoms with Crippen LogP contribution in [0.2, 0.25) is 0 Å². The maximum atomic E-state index is 11.8. The fourth-order valence-electron chi connectivity index (χ4n) is 1.79. The lowest BCUT2D eigenvalue weighted by molar-refractivity contribution is -0.133. The maximum Gasteiger partial charge on any atom is 0.341 e. The van der Waals surface area contributed by atoms with Crippen LogP contribution in [0.5, 0.6) is 0 Å². The summed E-state index contributed by atoms with van der Waals surface area (Å²) in [5, 5.41) is 0. The fourth-order valence-corrected chi connectivity index (χ4v) is 1.79. The molecule has 0 N–H and O–H groups in total. The van der Waals surface area contributed by atoms with E-state index in [9.17, 15) is 4.79 Å². The number of hydrogen-bond donors (Lipinski definition) is 0. The van der Waals surface area contributed by atoms with Crippen molar-refractivity contribution in [1.29, 1.82) is 0 Å². The van der Waals surface area contributed by atoms with Crippen molar-refractivity contribution in [3.8, 4) is 0 Å². The summed E-state index contributed by atoms with van der Waals surface area (Å²) in [4.78, 5) is 11.8. The van der Waals surface area contributed by atoms with Gasteiger partial charge in [0.1, 0.15) is 5.57 Å². The van der Waals surface area contributed by atoms with Gasteiger partial charge in [0, 0.05) is 6.61 Å². The van der Waals surface area contributed by atoms with Crippen LogP contribution in [0, 0.1) is 0 Å². The first-order chi connectivity index (χ1) is 9.74. The van der Waals surface area contributed by atoms with Gasteiger partial charge in [0.15, 0.2) is 0 Å². The Bertz CT molecular complexity index is 452. The molecule has 0 saturated carbocycles. The molecule has 0 radical (unpaired) electrons. The molecule has 0 aliphatic carbocycles. The zero-order valence-electron chi connectivity index (χ0n) is 12.3. The Hall–Kier alpha value is -1.81. The number of esters is 1. The summed E-state index contributed by atoms with van der Waals surface area (Å²) < 4.78 is 15.4. The highest BCUT2D eigenvalue weighted by Crippen LogP contribution is 2.21. The smallest absolute Gasteiger partial charge is 0.341 e. The Balaban J connectivity index is 2.92. The standard InChI is InChI=1S/C16H22O4/c1-4-5-10-20-11-13-8-6-7-9-14(13)15(12-18-2)16(17)19-3/h6-9,12H,4-5,10-11H2,1-3H3.